The van der Waals surface area contributed by atoms with Gasteiger partial charge in [-0.2, -0.15) is 8.78 Å². The highest BCUT2D eigenvalue weighted by atomic mass is 32.2. The fourth-order valence-corrected chi connectivity index (χ4v) is 10.7. The molecule has 0 spiro atoms. The van der Waals surface area contributed by atoms with Crippen molar-refractivity contribution in [1.82, 2.24) is 15.0 Å². The minimum atomic E-state index is -5.06. The molecule has 254 valence electrons. The van der Waals surface area contributed by atoms with Gasteiger partial charge < -0.3 is 10.1 Å². The average molecular weight is 732 g/mol. The first kappa shape index (κ1) is 32.6. The van der Waals surface area contributed by atoms with E-state index < -0.39 is 66.3 Å². The second-order valence-corrected chi connectivity index (χ2v) is 16.5. The van der Waals surface area contributed by atoms with E-state index in [9.17, 15) is 38.8 Å². The smallest absolute Gasteiger partial charge is 0.387 e. The number of fused-ring (bicyclic) bond motifs is 1. The maximum Gasteiger partial charge on any atom is 0.387 e. The molecule has 19 heteroatoms. The van der Waals surface area contributed by atoms with Crippen molar-refractivity contribution < 1.29 is 47.9 Å². The van der Waals surface area contributed by atoms with Gasteiger partial charge in [0.1, 0.15) is 16.6 Å². The Kier molecular flexibility index (Phi) is 7.86. The normalized spacial score (nSPS) is 22.0. The summed E-state index contributed by atoms with van der Waals surface area (Å²) in [6, 6.07) is 7.22. The highest BCUT2D eigenvalue weighted by Gasteiger charge is 2.59. The molecule has 1 saturated heterocycles. The fraction of sp³-hybridized carbons (Fsp3) is 0.345. The molecule has 1 unspecified atom stereocenters. The van der Waals surface area contributed by atoms with Crippen LogP contribution in [0, 0.1) is 23.5 Å². The Bertz CT molecular complexity index is 2130. The Hall–Kier alpha value is -3.97. The Morgan fingerprint density at radius 3 is 2.35 bits per heavy atom. The molecular formula is C29H23F6N5O5S3. The number of nitrogens with one attached hydrogen (secondary N) is 2. The number of hydrogen-bond donors (Lipinski definition) is 2. The maximum atomic E-state index is 16.2. The first-order valence-electron chi connectivity index (χ1n) is 14.3. The average Bonchev–Trinajstić information content (AvgIpc) is 3.83. The number of sulfonamides is 1. The number of alkyl halides is 4. The Morgan fingerprint density at radius 2 is 1.69 bits per heavy atom. The van der Waals surface area contributed by atoms with Crippen LogP contribution in [0.25, 0.3) is 21.8 Å². The zero-order valence-electron chi connectivity index (χ0n) is 24.2. The van der Waals surface area contributed by atoms with E-state index in [1.807, 2.05) is 4.72 Å². The van der Waals surface area contributed by atoms with Crippen molar-refractivity contribution in [1.29, 1.82) is 0 Å². The van der Waals surface area contributed by atoms with Gasteiger partial charge in [0.05, 0.1) is 38.9 Å². The van der Waals surface area contributed by atoms with E-state index in [4.69, 9.17) is 0 Å². The van der Waals surface area contributed by atoms with Crippen molar-refractivity contribution in [2.24, 2.45) is 11.8 Å². The SMILES string of the molecule is O=S1(=O)C[C@@H]2C(Nc3nccc(-c4sc(C5(C(F)F)CC5)nc4-c4cccc(NS(=O)(=O)c5c(F)cccc5OC(F)F)c4F)n3)[C@@H]2C1. The predicted octanol–water partition coefficient (Wildman–Crippen LogP) is 5.70. The van der Waals surface area contributed by atoms with E-state index in [1.165, 1.54) is 24.4 Å². The van der Waals surface area contributed by atoms with Gasteiger partial charge in [-0.15, -0.1) is 11.3 Å². The molecule has 0 amide bonds. The molecule has 2 aromatic carbocycles. The lowest BCUT2D eigenvalue weighted by Gasteiger charge is -2.15. The summed E-state index contributed by atoms with van der Waals surface area (Å²) >= 11 is 0.868. The molecule has 1 aliphatic heterocycles. The van der Waals surface area contributed by atoms with Crippen LogP contribution in [-0.2, 0) is 25.3 Å². The molecular weight excluding hydrogens is 709 g/mol. The van der Waals surface area contributed by atoms with Crippen LogP contribution in [0.15, 0.2) is 53.6 Å². The van der Waals surface area contributed by atoms with Crippen LogP contribution in [-0.4, -0.2) is 62.4 Å². The van der Waals surface area contributed by atoms with E-state index in [0.717, 1.165) is 29.5 Å². The third-order valence-electron chi connectivity index (χ3n) is 8.58. The minimum Gasteiger partial charge on any atom is -0.433 e. The minimum absolute atomic E-state index is 0.0167. The second-order valence-electron chi connectivity index (χ2n) is 11.7. The standard InChI is InChI=1S/C29H23F6N5O5S3/c30-16-4-2-6-19(45-27(34)35)24(16)48(43,44)40-17-5-1-3-13(20(17)31)22-23(46-26(38-22)29(8-9-29)25(32)33)18-7-10-36-28(37-18)39-21-14-11-47(41,42)12-15(14)21/h1-7,10,14-15,21,25,27,40H,8-9,11-12H2,(H,36,37,39)/t14-,15+,21?. The number of rotatable bonds is 11. The van der Waals surface area contributed by atoms with Gasteiger partial charge in [-0.3, -0.25) is 4.72 Å². The van der Waals surface area contributed by atoms with Crippen LogP contribution >= 0.6 is 11.3 Å². The van der Waals surface area contributed by atoms with Crippen LogP contribution in [0.4, 0.5) is 38.0 Å². The van der Waals surface area contributed by atoms with Gasteiger partial charge >= 0.3 is 6.61 Å². The van der Waals surface area contributed by atoms with E-state index >= 15 is 4.39 Å². The molecule has 48 heavy (non-hydrogen) atoms. The molecule has 2 aromatic heterocycles. The highest BCUT2D eigenvalue weighted by molar-refractivity contribution is 7.93. The van der Waals surface area contributed by atoms with Crippen molar-refractivity contribution in [3.05, 3.63) is 65.3 Å². The molecule has 2 saturated carbocycles. The van der Waals surface area contributed by atoms with E-state index in [0.29, 0.717) is 6.07 Å². The summed E-state index contributed by atoms with van der Waals surface area (Å²) in [7, 11) is -8.15. The number of halogens is 6. The Labute approximate surface area is 273 Å². The number of anilines is 2. The maximum absolute atomic E-state index is 16.2. The van der Waals surface area contributed by atoms with Crippen molar-refractivity contribution in [3.8, 4) is 27.6 Å². The predicted molar refractivity (Wildman–Crippen MR) is 162 cm³/mol. The van der Waals surface area contributed by atoms with E-state index in [2.05, 4.69) is 25.0 Å². The number of thiazole rings is 1. The van der Waals surface area contributed by atoms with Gasteiger partial charge in [0.15, 0.2) is 20.5 Å². The van der Waals surface area contributed by atoms with Gasteiger partial charge in [-0.05, 0) is 55.0 Å². The van der Waals surface area contributed by atoms with Gasteiger partial charge in [0, 0.05) is 17.8 Å². The zero-order chi connectivity index (χ0) is 34.2. The van der Waals surface area contributed by atoms with Crippen LogP contribution < -0.4 is 14.8 Å². The number of sulfone groups is 1. The first-order chi connectivity index (χ1) is 22.7. The number of nitrogens with zero attached hydrogens (tertiary/aromatic N) is 3. The second kappa shape index (κ2) is 11.6. The lowest BCUT2D eigenvalue weighted by molar-refractivity contribution is -0.0520. The summed E-state index contributed by atoms with van der Waals surface area (Å²) in [4.78, 5) is 12.0. The van der Waals surface area contributed by atoms with Gasteiger partial charge in [0.2, 0.25) is 12.4 Å². The third-order valence-corrected chi connectivity index (χ3v) is 13.1. The lowest BCUT2D eigenvalue weighted by atomic mass is 10.1. The van der Waals surface area contributed by atoms with Crippen LogP contribution in [0.3, 0.4) is 0 Å². The van der Waals surface area contributed by atoms with Gasteiger partial charge in [-0.1, -0.05) is 12.1 Å². The topological polar surface area (TPSA) is 140 Å². The quantitative estimate of drug-likeness (QED) is 0.186. The third kappa shape index (κ3) is 5.84. The summed E-state index contributed by atoms with van der Waals surface area (Å²) in [6.07, 6.45) is -1.12. The molecule has 4 aromatic rings. The first-order valence-corrected chi connectivity index (χ1v) is 18.5. The number of ether oxygens (including phenoxy) is 1. The van der Waals surface area contributed by atoms with E-state index in [1.54, 1.807) is 0 Å². The highest BCUT2D eigenvalue weighted by Crippen LogP contribution is 2.56. The molecule has 0 bridgehead atoms. The molecule has 0 radical (unpaired) electrons. The molecule has 3 fully saturated rings. The van der Waals surface area contributed by atoms with Crippen LogP contribution in [0.2, 0.25) is 0 Å². The van der Waals surface area contributed by atoms with Crippen molar-refractivity contribution in [2.45, 2.75) is 42.2 Å². The summed E-state index contributed by atoms with van der Waals surface area (Å²) < 4.78 is 141. The van der Waals surface area contributed by atoms with Crippen molar-refractivity contribution in [3.63, 3.8) is 0 Å². The number of hydrogen-bond acceptors (Lipinski definition) is 10. The fourth-order valence-electron chi connectivity index (χ4n) is 5.95. The number of aromatic nitrogens is 3. The summed E-state index contributed by atoms with van der Waals surface area (Å²) in [5.74, 6) is -3.61. The summed E-state index contributed by atoms with van der Waals surface area (Å²) in [5, 5.41) is 3.13. The van der Waals surface area contributed by atoms with Crippen molar-refractivity contribution >= 4 is 42.8 Å². The Morgan fingerprint density at radius 1 is 0.979 bits per heavy atom. The molecule has 10 nitrogen and oxygen atoms in total. The molecule has 3 aliphatic rings. The van der Waals surface area contributed by atoms with Crippen LogP contribution in [0.5, 0.6) is 5.75 Å². The van der Waals surface area contributed by atoms with Crippen molar-refractivity contribution in [2.75, 3.05) is 21.5 Å². The summed E-state index contributed by atoms with van der Waals surface area (Å²) in [5.41, 5.74) is -2.53. The zero-order valence-corrected chi connectivity index (χ0v) is 26.7. The summed E-state index contributed by atoms with van der Waals surface area (Å²) in [6.45, 7) is -3.49. The molecule has 2 N–H and O–H groups in total. The van der Waals surface area contributed by atoms with Crippen LogP contribution in [0.1, 0.15) is 17.8 Å². The van der Waals surface area contributed by atoms with E-state index in [-0.39, 0.29) is 75.0 Å². The molecule has 2 aliphatic carbocycles. The van der Waals surface area contributed by atoms with Gasteiger partial charge in [0.25, 0.3) is 10.0 Å². The van der Waals surface area contributed by atoms with Gasteiger partial charge in [-0.25, -0.2) is 49.3 Å². The monoisotopic (exact) mass is 731 g/mol. The molecule has 7 rings (SSSR count). The molecule has 3 heterocycles. The largest absolute Gasteiger partial charge is 0.433 e. The lowest BCUT2D eigenvalue weighted by Crippen LogP contribution is -2.19. The molecule has 3 atom stereocenters. The number of benzene rings is 2. The Balaban J connectivity index is 1.26.